The molecule has 0 aromatic heterocycles. The Labute approximate surface area is 146 Å². The second-order valence-electron chi connectivity index (χ2n) is 5.29. The minimum atomic E-state index is -0.943. The summed E-state index contributed by atoms with van der Waals surface area (Å²) >= 11 is 0. The van der Waals surface area contributed by atoms with Gasteiger partial charge in [0.05, 0.1) is 6.10 Å². The van der Waals surface area contributed by atoms with Gasteiger partial charge in [-0.3, -0.25) is 4.90 Å². The van der Waals surface area contributed by atoms with Crippen molar-refractivity contribution in [2.45, 2.75) is 59.1 Å². The van der Waals surface area contributed by atoms with E-state index in [1.54, 1.807) is 0 Å². The summed E-state index contributed by atoms with van der Waals surface area (Å²) in [7, 11) is 0. The third-order valence-corrected chi connectivity index (χ3v) is 3.72. The van der Waals surface area contributed by atoms with Crippen molar-refractivity contribution >= 4 is 18.4 Å². The lowest BCUT2D eigenvalue weighted by molar-refractivity contribution is -0.305. The summed E-state index contributed by atoms with van der Waals surface area (Å²) in [5, 5.41) is 19.8. The highest BCUT2D eigenvalue weighted by Gasteiger charge is 2.20. The molecular weight excluding hydrogens is 314 g/mol. The van der Waals surface area contributed by atoms with Crippen molar-refractivity contribution in [2.75, 3.05) is 13.1 Å². The number of rotatable bonds is 8. The average molecular weight is 345 g/mol. The van der Waals surface area contributed by atoms with Crippen molar-refractivity contribution in [3.05, 3.63) is 35.9 Å². The summed E-state index contributed by atoms with van der Waals surface area (Å²) in [6.45, 7) is 10.2. The van der Waals surface area contributed by atoms with Gasteiger partial charge in [-0.25, -0.2) is 0 Å². The van der Waals surface area contributed by atoms with Crippen LogP contribution in [0.25, 0.3) is 0 Å². The van der Waals surface area contributed by atoms with Gasteiger partial charge in [-0.05, 0) is 38.4 Å². The summed E-state index contributed by atoms with van der Waals surface area (Å²) in [5.74, 6) is -0.943. The van der Waals surface area contributed by atoms with Crippen LogP contribution in [0, 0.1) is 0 Å². The summed E-state index contributed by atoms with van der Waals surface area (Å²) in [6, 6.07) is 10.0. The van der Waals surface area contributed by atoms with Crippen molar-refractivity contribution in [3.63, 3.8) is 0 Å². The quantitative estimate of drug-likeness (QED) is 0.787. The minimum Gasteiger partial charge on any atom is -0.550 e. The van der Waals surface area contributed by atoms with Gasteiger partial charge in [-0.2, -0.15) is 0 Å². The molecule has 0 aliphatic carbocycles. The number of benzene rings is 1. The standard InChI is InChI=1S/C13H21NO.C5H10O2.ClH/c1-4-14(5-2)11(3)13(15)12-9-7-6-8-10-12;1-2-3-4-5(6)7;/h6-11,13,15H,4-5H2,1-3H3;2-4H2,1H3,(H,6,7);1H/p-1. The number of aliphatic hydroxyl groups is 1. The number of aliphatic hydroxyl groups excluding tert-OH is 1. The summed E-state index contributed by atoms with van der Waals surface area (Å²) in [4.78, 5) is 11.9. The molecule has 2 unspecified atom stereocenters. The first-order chi connectivity index (χ1) is 10.5. The SMILES string of the molecule is CCCCC(=O)[O-].CCN(CC)C(C)C(O)c1ccccc1.Cl. The number of carbonyl (C=O) groups is 1. The third kappa shape index (κ3) is 10.3. The highest BCUT2D eigenvalue weighted by molar-refractivity contribution is 5.85. The first-order valence-electron chi connectivity index (χ1n) is 8.14. The number of hydrogen-bond donors (Lipinski definition) is 1. The third-order valence-electron chi connectivity index (χ3n) is 3.72. The Kier molecular flexibility index (Phi) is 15.2. The van der Waals surface area contributed by atoms with Crippen LogP contribution in [0.1, 0.15) is 58.6 Å². The highest BCUT2D eigenvalue weighted by Crippen LogP contribution is 2.20. The van der Waals surface area contributed by atoms with E-state index in [1.165, 1.54) is 0 Å². The maximum atomic E-state index is 10.2. The van der Waals surface area contributed by atoms with E-state index in [0.717, 1.165) is 31.5 Å². The molecule has 1 N–H and O–H groups in total. The van der Waals surface area contributed by atoms with Gasteiger partial charge in [0.2, 0.25) is 0 Å². The van der Waals surface area contributed by atoms with Crippen molar-refractivity contribution in [1.82, 2.24) is 4.90 Å². The predicted octanol–water partition coefficient (Wildman–Crippen LogP) is 2.80. The Balaban J connectivity index is 0. The minimum absolute atomic E-state index is 0. The molecule has 0 heterocycles. The number of carboxylic acid groups (broad SMARTS) is 1. The number of carbonyl (C=O) groups excluding carboxylic acids is 1. The lowest BCUT2D eigenvalue weighted by Gasteiger charge is -2.30. The second kappa shape index (κ2) is 14.5. The first-order valence-corrected chi connectivity index (χ1v) is 8.14. The van der Waals surface area contributed by atoms with Crippen LogP contribution in [0.5, 0.6) is 0 Å². The van der Waals surface area contributed by atoms with E-state index in [-0.39, 0.29) is 24.9 Å². The first kappa shape index (κ1) is 24.2. The van der Waals surface area contributed by atoms with Gasteiger partial charge in [-0.15, -0.1) is 12.4 Å². The van der Waals surface area contributed by atoms with Gasteiger partial charge in [-0.1, -0.05) is 57.5 Å². The van der Waals surface area contributed by atoms with Crippen LogP contribution in [-0.4, -0.2) is 35.1 Å². The summed E-state index contributed by atoms with van der Waals surface area (Å²) in [5.41, 5.74) is 0.997. The molecule has 4 nitrogen and oxygen atoms in total. The van der Waals surface area contributed by atoms with Crippen molar-refractivity contribution in [2.24, 2.45) is 0 Å². The number of carboxylic acids is 1. The van der Waals surface area contributed by atoms with Gasteiger partial charge in [0, 0.05) is 12.0 Å². The molecule has 2 atom stereocenters. The van der Waals surface area contributed by atoms with Gasteiger partial charge in [0.1, 0.15) is 0 Å². The molecule has 0 aliphatic rings. The van der Waals surface area contributed by atoms with E-state index >= 15 is 0 Å². The predicted molar refractivity (Wildman–Crippen MR) is 95.6 cm³/mol. The molecule has 0 aliphatic heterocycles. The van der Waals surface area contributed by atoms with Crippen molar-refractivity contribution < 1.29 is 15.0 Å². The Morgan fingerprint density at radius 3 is 2.04 bits per heavy atom. The maximum Gasteiger partial charge on any atom is 0.0942 e. The Morgan fingerprint density at radius 2 is 1.70 bits per heavy atom. The number of hydrogen-bond acceptors (Lipinski definition) is 4. The van der Waals surface area contributed by atoms with Gasteiger partial charge >= 0.3 is 0 Å². The number of unbranched alkanes of at least 4 members (excludes halogenated alkanes) is 1. The Morgan fingerprint density at radius 1 is 1.17 bits per heavy atom. The zero-order chi connectivity index (χ0) is 17.0. The van der Waals surface area contributed by atoms with Crippen LogP contribution in [0.4, 0.5) is 0 Å². The largest absolute Gasteiger partial charge is 0.550 e. The molecule has 1 aromatic rings. The zero-order valence-electron chi connectivity index (χ0n) is 14.7. The fourth-order valence-corrected chi connectivity index (χ4v) is 2.25. The molecule has 134 valence electrons. The molecule has 0 fully saturated rings. The normalized spacial score (nSPS) is 12.6. The van der Waals surface area contributed by atoms with Crippen LogP contribution >= 0.6 is 12.4 Å². The monoisotopic (exact) mass is 344 g/mol. The molecule has 1 aromatic carbocycles. The molecule has 5 heteroatoms. The highest BCUT2D eigenvalue weighted by atomic mass is 35.5. The van der Waals surface area contributed by atoms with E-state index in [9.17, 15) is 15.0 Å². The number of halogens is 1. The molecule has 1 rings (SSSR count). The smallest absolute Gasteiger partial charge is 0.0942 e. The fourth-order valence-electron chi connectivity index (χ4n) is 2.25. The molecular formula is C18H31ClNO3-. The molecule has 23 heavy (non-hydrogen) atoms. The fraction of sp³-hybridized carbons (Fsp3) is 0.611. The van der Waals surface area contributed by atoms with Gasteiger partial charge in [0.15, 0.2) is 0 Å². The molecule has 0 amide bonds. The zero-order valence-corrected chi connectivity index (χ0v) is 15.5. The molecule has 0 saturated heterocycles. The van der Waals surface area contributed by atoms with Crippen molar-refractivity contribution in [3.8, 4) is 0 Å². The summed E-state index contributed by atoms with van der Waals surface area (Å²) < 4.78 is 0. The lowest BCUT2D eigenvalue weighted by Crippen LogP contribution is -2.37. The van der Waals surface area contributed by atoms with Crippen LogP contribution in [0.15, 0.2) is 30.3 Å². The van der Waals surface area contributed by atoms with Crippen LogP contribution < -0.4 is 5.11 Å². The number of aliphatic carboxylic acids is 1. The number of likely N-dealkylation sites (N-methyl/N-ethyl adjacent to an activating group) is 1. The molecule has 0 spiro atoms. The molecule has 0 bridgehead atoms. The Bertz CT molecular complexity index is 397. The van der Waals surface area contributed by atoms with E-state index in [4.69, 9.17) is 0 Å². The van der Waals surface area contributed by atoms with Crippen LogP contribution in [0.2, 0.25) is 0 Å². The second-order valence-corrected chi connectivity index (χ2v) is 5.29. The van der Waals surface area contributed by atoms with E-state index in [1.807, 2.05) is 37.3 Å². The van der Waals surface area contributed by atoms with E-state index in [2.05, 4.69) is 25.7 Å². The van der Waals surface area contributed by atoms with Gasteiger partial charge in [0.25, 0.3) is 0 Å². The number of nitrogens with zero attached hydrogens (tertiary/aromatic N) is 1. The lowest BCUT2D eigenvalue weighted by atomic mass is 10.0. The molecule has 0 saturated carbocycles. The van der Waals surface area contributed by atoms with E-state index in [0.29, 0.717) is 0 Å². The van der Waals surface area contributed by atoms with Crippen molar-refractivity contribution in [1.29, 1.82) is 0 Å². The van der Waals surface area contributed by atoms with E-state index < -0.39 is 12.1 Å². The maximum absolute atomic E-state index is 10.2. The van der Waals surface area contributed by atoms with Gasteiger partial charge < -0.3 is 15.0 Å². The topological polar surface area (TPSA) is 63.6 Å². The average Bonchev–Trinajstić information content (AvgIpc) is 2.54. The Hall–Kier alpha value is -1.10. The summed E-state index contributed by atoms with van der Waals surface area (Å²) in [6.07, 6.45) is 1.47. The molecule has 0 radical (unpaired) electrons. The van der Waals surface area contributed by atoms with Crippen LogP contribution in [-0.2, 0) is 4.79 Å². The van der Waals surface area contributed by atoms with Crippen LogP contribution in [0.3, 0.4) is 0 Å².